The van der Waals surface area contributed by atoms with Gasteiger partial charge in [-0.1, -0.05) is 5.16 Å². The van der Waals surface area contributed by atoms with Crippen LogP contribution in [0.1, 0.15) is 35.4 Å². The van der Waals surface area contributed by atoms with Gasteiger partial charge in [-0.25, -0.2) is 0 Å². The van der Waals surface area contributed by atoms with Gasteiger partial charge in [0, 0.05) is 44.8 Å². The van der Waals surface area contributed by atoms with Gasteiger partial charge in [0.15, 0.2) is 5.82 Å². The lowest BCUT2D eigenvalue weighted by molar-refractivity contribution is 0.0566. The van der Waals surface area contributed by atoms with E-state index in [0.717, 1.165) is 18.4 Å². The minimum atomic E-state index is -0.414. The average Bonchev–Trinajstić information content (AvgIpc) is 3.45. The highest BCUT2D eigenvalue weighted by Gasteiger charge is 2.42. The molecule has 3 aromatic rings. The number of aromatic nitrogens is 3. The van der Waals surface area contributed by atoms with Crippen LogP contribution in [0.15, 0.2) is 52.1 Å². The van der Waals surface area contributed by atoms with Crippen molar-refractivity contribution in [3.8, 4) is 11.5 Å². The molecule has 28 heavy (non-hydrogen) atoms. The fourth-order valence-electron chi connectivity index (χ4n) is 3.72. The van der Waals surface area contributed by atoms with Gasteiger partial charge < -0.3 is 18.6 Å². The zero-order valence-electron chi connectivity index (χ0n) is 15.7. The normalized spacial score (nSPS) is 19.7. The third-order valence-electron chi connectivity index (χ3n) is 5.24. The van der Waals surface area contributed by atoms with Gasteiger partial charge in [-0.2, -0.15) is 4.98 Å². The summed E-state index contributed by atoms with van der Waals surface area (Å²) in [5.74, 6) is 1.02. The molecule has 0 saturated carbocycles. The van der Waals surface area contributed by atoms with Crippen LogP contribution in [-0.4, -0.2) is 52.7 Å². The van der Waals surface area contributed by atoms with E-state index in [1.165, 1.54) is 12.5 Å². The number of carbonyl (C=O) groups excluding carboxylic acids is 1. The van der Waals surface area contributed by atoms with E-state index in [-0.39, 0.29) is 5.91 Å². The number of likely N-dealkylation sites (tertiary alicyclic amines) is 1. The molecule has 8 nitrogen and oxygen atoms in total. The molecule has 1 unspecified atom stereocenters. The molecule has 3 aromatic heterocycles. The number of rotatable bonds is 6. The maximum Gasteiger partial charge on any atom is 0.258 e. The second-order valence-corrected chi connectivity index (χ2v) is 7.02. The van der Waals surface area contributed by atoms with Crippen molar-refractivity contribution in [3.05, 3.63) is 54.5 Å². The highest BCUT2D eigenvalue weighted by molar-refractivity contribution is 5.94. The van der Waals surface area contributed by atoms with Crippen LogP contribution >= 0.6 is 0 Å². The van der Waals surface area contributed by atoms with E-state index in [4.69, 9.17) is 13.7 Å². The number of piperidine rings is 1. The van der Waals surface area contributed by atoms with Gasteiger partial charge in [-0.15, -0.1) is 0 Å². The minimum Gasteiger partial charge on any atom is -0.472 e. The van der Waals surface area contributed by atoms with Crippen molar-refractivity contribution in [2.24, 2.45) is 0 Å². The van der Waals surface area contributed by atoms with Crippen LogP contribution < -0.4 is 0 Å². The monoisotopic (exact) mass is 382 g/mol. The Balaban J connectivity index is 1.63. The lowest BCUT2D eigenvalue weighted by Crippen LogP contribution is -2.49. The highest BCUT2D eigenvalue weighted by atomic mass is 16.5. The number of hydrogen-bond donors (Lipinski definition) is 0. The Hall–Kier alpha value is -3.00. The summed E-state index contributed by atoms with van der Waals surface area (Å²) in [4.78, 5) is 23.4. The smallest absolute Gasteiger partial charge is 0.258 e. The molecule has 1 aliphatic rings. The first-order valence-corrected chi connectivity index (χ1v) is 9.27. The molecule has 1 atom stereocenters. The van der Waals surface area contributed by atoms with Crippen LogP contribution in [0, 0.1) is 0 Å². The molecule has 0 aromatic carbocycles. The van der Waals surface area contributed by atoms with Gasteiger partial charge in [-0.05, 0) is 37.5 Å². The topological polar surface area (TPSA) is 94.5 Å². The predicted octanol–water partition coefficient (Wildman–Crippen LogP) is 2.94. The predicted molar refractivity (Wildman–Crippen MR) is 99.5 cm³/mol. The maximum absolute atomic E-state index is 12.8. The summed E-state index contributed by atoms with van der Waals surface area (Å²) in [5.41, 5.74) is 0.952. The molecular formula is C20H22N4O4. The first kappa shape index (κ1) is 18.4. The Morgan fingerprint density at radius 1 is 1.32 bits per heavy atom. The van der Waals surface area contributed by atoms with Crippen molar-refractivity contribution in [2.45, 2.75) is 24.7 Å². The number of carbonyl (C=O) groups is 1. The van der Waals surface area contributed by atoms with E-state index < -0.39 is 5.41 Å². The van der Waals surface area contributed by atoms with Crippen molar-refractivity contribution in [1.82, 2.24) is 20.0 Å². The quantitative estimate of drug-likeness (QED) is 0.647. The molecule has 0 spiro atoms. The van der Waals surface area contributed by atoms with Crippen LogP contribution in [0.3, 0.4) is 0 Å². The number of ether oxygens (including phenoxy) is 1. The molecule has 1 aliphatic heterocycles. The van der Waals surface area contributed by atoms with Crippen molar-refractivity contribution >= 4 is 5.91 Å². The molecule has 146 valence electrons. The summed E-state index contributed by atoms with van der Waals surface area (Å²) in [5, 5.41) is 4.28. The Bertz CT molecular complexity index is 909. The molecule has 1 saturated heterocycles. The zero-order chi connectivity index (χ0) is 19.4. The molecule has 0 N–H and O–H groups in total. The summed E-state index contributed by atoms with van der Waals surface area (Å²) >= 11 is 0. The highest BCUT2D eigenvalue weighted by Crippen LogP contribution is 2.37. The van der Waals surface area contributed by atoms with Gasteiger partial charge in [0.05, 0.1) is 17.2 Å². The lowest BCUT2D eigenvalue weighted by atomic mass is 9.76. The number of furan rings is 1. The fraction of sp³-hybridized carbons (Fsp3) is 0.400. The van der Waals surface area contributed by atoms with Gasteiger partial charge >= 0.3 is 0 Å². The molecule has 4 heterocycles. The SMILES string of the molecule is COCCC1(c2noc(-c3ccncc3)n2)CCCN(C(=O)c2ccoc2)C1. The number of hydrogen-bond acceptors (Lipinski definition) is 7. The molecule has 0 aliphatic carbocycles. The van der Waals surface area contributed by atoms with Crippen LogP contribution in [0.2, 0.25) is 0 Å². The standard InChI is InChI=1S/C20H22N4O4/c1-26-12-7-20(19-22-17(28-23-19)15-3-8-21-9-4-15)6-2-10-24(14-20)18(25)16-5-11-27-13-16/h3-5,8-9,11,13H,2,6-7,10,12,14H2,1H3. The number of amides is 1. The molecule has 8 heteroatoms. The fourth-order valence-corrected chi connectivity index (χ4v) is 3.72. The molecular weight excluding hydrogens is 360 g/mol. The third kappa shape index (κ3) is 3.55. The average molecular weight is 382 g/mol. The third-order valence-corrected chi connectivity index (χ3v) is 5.24. The van der Waals surface area contributed by atoms with Crippen molar-refractivity contribution in [1.29, 1.82) is 0 Å². The van der Waals surface area contributed by atoms with E-state index >= 15 is 0 Å². The van der Waals surface area contributed by atoms with E-state index in [2.05, 4.69) is 15.1 Å². The number of pyridine rings is 1. The molecule has 0 radical (unpaired) electrons. The van der Waals surface area contributed by atoms with Crippen LogP contribution in [-0.2, 0) is 10.2 Å². The van der Waals surface area contributed by atoms with Crippen molar-refractivity contribution < 1.29 is 18.5 Å². The number of nitrogens with zero attached hydrogens (tertiary/aromatic N) is 4. The summed E-state index contributed by atoms with van der Waals surface area (Å²) in [6, 6.07) is 5.34. The maximum atomic E-state index is 12.8. The van der Waals surface area contributed by atoms with Gasteiger partial charge in [0.2, 0.25) is 0 Å². The molecule has 0 bridgehead atoms. The molecule has 1 fully saturated rings. The van der Waals surface area contributed by atoms with Gasteiger partial charge in [0.25, 0.3) is 11.8 Å². The Labute approximate surface area is 162 Å². The minimum absolute atomic E-state index is 0.0481. The second kappa shape index (κ2) is 7.93. The van der Waals surface area contributed by atoms with Crippen molar-refractivity contribution in [2.75, 3.05) is 26.8 Å². The zero-order valence-corrected chi connectivity index (χ0v) is 15.7. The van der Waals surface area contributed by atoms with Crippen LogP contribution in [0.5, 0.6) is 0 Å². The summed E-state index contributed by atoms with van der Waals surface area (Å²) in [6.07, 6.45) is 8.78. The van der Waals surface area contributed by atoms with Crippen LogP contribution in [0.4, 0.5) is 0 Å². The van der Waals surface area contributed by atoms with Crippen LogP contribution in [0.25, 0.3) is 11.5 Å². The van der Waals surface area contributed by atoms with Gasteiger partial charge in [0.1, 0.15) is 6.26 Å². The van der Waals surface area contributed by atoms with Gasteiger partial charge in [-0.3, -0.25) is 9.78 Å². The first-order chi connectivity index (χ1) is 13.7. The Morgan fingerprint density at radius 2 is 2.18 bits per heavy atom. The second-order valence-electron chi connectivity index (χ2n) is 7.02. The number of methoxy groups -OCH3 is 1. The molecule has 4 rings (SSSR count). The Morgan fingerprint density at radius 3 is 2.93 bits per heavy atom. The Kier molecular flexibility index (Phi) is 5.21. The van der Waals surface area contributed by atoms with E-state index in [9.17, 15) is 4.79 Å². The first-order valence-electron chi connectivity index (χ1n) is 9.27. The van der Waals surface area contributed by atoms with E-state index in [1.54, 1.807) is 25.6 Å². The molecule has 1 amide bonds. The summed E-state index contributed by atoms with van der Waals surface area (Å²) in [6.45, 7) is 1.75. The van der Waals surface area contributed by atoms with Crippen molar-refractivity contribution in [3.63, 3.8) is 0 Å². The summed E-state index contributed by atoms with van der Waals surface area (Å²) in [7, 11) is 1.67. The largest absolute Gasteiger partial charge is 0.472 e. The van der Waals surface area contributed by atoms with E-state index in [0.29, 0.717) is 43.4 Å². The lowest BCUT2D eigenvalue weighted by Gasteiger charge is -2.40. The van der Waals surface area contributed by atoms with E-state index in [1.807, 2.05) is 17.0 Å². The summed E-state index contributed by atoms with van der Waals surface area (Å²) < 4.78 is 15.9.